The molecule has 2 aliphatic rings. The van der Waals surface area contributed by atoms with Gasteiger partial charge in [-0.05, 0) is 38.5 Å². The molecular weight excluding hydrogens is 411 g/mol. The van der Waals surface area contributed by atoms with Crippen molar-refractivity contribution in [3.05, 3.63) is 23.0 Å². The number of hydrogen-bond donors (Lipinski definition) is 1. The summed E-state index contributed by atoms with van der Waals surface area (Å²) < 4.78 is 44.3. The summed E-state index contributed by atoms with van der Waals surface area (Å²) in [6, 6.07) is 1.22. The lowest BCUT2D eigenvalue weighted by molar-refractivity contribution is -0.185. The van der Waals surface area contributed by atoms with Gasteiger partial charge in [0.1, 0.15) is 6.61 Å². The number of carbonyl (C=O) groups excluding carboxylic acids is 2. The summed E-state index contributed by atoms with van der Waals surface area (Å²) in [4.78, 5) is 30.0. The third kappa shape index (κ3) is 5.12. The number of pyridine rings is 1. The summed E-state index contributed by atoms with van der Waals surface area (Å²) in [5.74, 6) is -2.42. The van der Waals surface area contributed by atoms with Gasteiger partial charge in [0.15, 0.2) is 11.4 Å². The van der Waals surface area contributed by atoms with Crippen LogP contribution in [0.4, 0.5) is 13.2 Å². The summed E-state index contributed by atoms with van der Waals surface area (Å²) in [5, 5.41) is 0.283. The van der Waals surface area contributed by atoms with Crippen LogP contribution in [0.15, 0.2) is 12.3 Å². The van der Waals surface area contributed by atoms with E-state index < -0.39 is 18.0 Å². The van der Waals surface area contributed by atoms with Crippen LogP contribution in [0.1, 0.15) is 49.0 Å². The van der Waals surface area contributed by atoms with E-state index in [1.807, 2.05) is 0 Å². The number of rotatable bonds is 5. The highest BCUT2D eigenvalue weighted by molar-refractivity contribution is 6.30. The summed E-state index contributed by atoms with van der Waals surface area (Å²) in [7, 11) is 0. The molecule has 1 aliphatic heterocycles. The number of aromatic nitrogens is 1. The normalized spacial score (nSPS) is 25.1. The Morgan fingerprint density at radius 1 is 1.24 bits per heavy atom. The highest BCUT2D eigenvalue weighted by Crippen LogP contribution is 2.40. The fourth-order valence-corrected chi connectivity index (χ4v) is 4.25. The quantitative estimate of drug-likeness (QED) is 0.769. The maximum absolute atomic E-state index is 12.9. The van der Waals surface area contributed by atoms with Crippen molar-refractivity contribution < 1.29 is 27.5 Å². The lowest BCUT2D eigenvalue weighted by atomic mass is 9.81. The van der Waals surface area contributed by atoms with E-state index in [1.165, 1.54) is 12.3 Å². The predicted molar refractivity (Wildman–Crippen MR) is 99.5 cm³/mol. The summed E-state index contributed by atoms with van der Waals surface area (Å²) in [6.45, 7) is 0.675. The lowest BCUT2D eigenvalue weighted by Crippen LogP contribution is -2.44. The molecule has 0 bridgehead atoms. The number of carbonyl (C=O) groups is 2. The summed E-state index contributed by atoms with van der Waals surface area (Å²) in [5.41, 5.74) is 5.25. The van der Waals surface area contributed by atoms with Crippen LogP contribution < -0.4 is 10.5 Å². The Morgan fingerprint density at radius 2 is 1.93 bits per heavy atom. The Hall–Kier alpha value is -2.03. The zero-order valence-corrected chi connectivity index (χ0v) is 16.5. The Morgan fingerprint density at radius 3 is 2.55 bits per heavy atom. The Kier molecular flexibility index (Phi) is 6.55. The van der Waals surface area contributed by atoms with Gasteiger partial charge < -0.3 is 15.4 Å². The van der Waals surface area contributed by atoms with Crippen LogP contribution in [0.3, 0.4) is 0 Å². The van der Waals surface area contributed by atoms with Gasteiger partial charge in [-0.25, -0.2) is 4.98 Å². The molecule has 3 rings (SSSR count). The number of primary amides is 1. The molecule has 1 aliphatic carbocycles. The molecule has 0 radical (unpaired) electrons. The molecule has 2 fully saturated rings. The van der Waals surface area contributed by atoms with Crippen molar-refractivity contribution in [2.24, 2.45) is 17.6 Å². The average molecular weight is 434 g/mol. The fourth-order valence-electron chi connectivity index (χ4n) is 4.10. The predicted octanol–water partition coefficient (Wildman–Crippen LogP) is 3.57. The van der Waals surface area contributed by atoms with Crippen LogP contribution >= 0.6 is 11.6 Å². The molecule has 1 atom stereocenters. The third-order valence-electron chi connectivity index (χ3n) is 5.68. The maximum Gasteiger partial charge on any atom is 0.391 e. The molecule has 2 amide bonds. The Balaban J connectivity index is 1.60. The lowest BCUT2D eigenvalue weighted by Gasteiger charge is -2.33. The molecule has 2 heterocycles. The van der Waals surface area contributed by atoms with Gasteiger partial charge in [0, 0.05) is 24.7 Å². The number of halogens is 4. The maximum atomic E-state index is 12.9. The minimum Gasteiger partial charge on any atom is -0.489 e. The van der Waals surface area contributed by atoms with E-state index in [9.17, 15) is 22.8 Å². The van der Waals surface area contributed by atoms with Gasteiger partial charge in [-0.3, -0.25) is 9.59 Å². The van der Waals surface area contributed by atoms with Gasteiger partial charge in [-0.1, -0.05) is 11.6 Å². The minimum absolute atomic E-state index is 0.00886. The van der Waals surface area contributed by atoms with Crippen molar-refractivity contribution in [1.29, 1.82) is 0 Å². The monoisotopic (exact) mass is 433 g/mol. The second kappa shape index (κ2) is 8.77. The number of nitrogens with zero attached hydrogens (tertiary/aromatic N) is 2. The Labute approximate surface area is 171 Å². The molecule has 0 aromatic carbocycles. The van der Waals surface area contributed by atoms with Gasteiger partial charge in [0.25, 0.3) is 5.91 Å². The first-order valence-electron chi connectivity index (χ1n) is 9.62. The third-order valence-corrected chi connectivity index (χ3v) is 5.89. The second-order valence-electron chi connectivity index (χ2n) is 7.59. The van der Waals surface area contributed by atoms with E-state index in [-0.39, 0.29) is 66.6 Å². The average Bonchev–Trinajstić information content (AvgIpc) is 3.13. The van der Waals surface area contributed by atoms with E-state index in [4.69, 9.17) is 22.1 Å². The molecule has 0 spiro atoms. The summed E-state index contributed by atoms with van der Waals surface area (Å²) in [6.07, 6.45) is -0.930. The van der Waals surface area contributed by atoms with Crippen LogP contribution in [0.25, 0.3) is 0 Å². The first kappa shape index (κ1) is 21.7. The number of nitrogens with two attached hydrogens (primary N) is 1. The van der Waals surface area contributed by atoms with E-state index in [2.05, 4.69) is 4.98 Å². The SMILES string of the molecule is NC(=O)c1ncc(Cl)cc1OCC1CCCN1C(=O)C1CCC(C(F)(F)F)CC1. The largest absolute Gasteiger partial charge is 0.489 e. The van der Waals surface area contributed by atoms with E-state index in [0.29, 0.717) is 13.0 Å². The molecule has 1 saturated heterocycles. The first-order chi connectivity index (χ1) is 13.7. The molecule has 10 heteroatoms. The van der Waals surface area contributed by atoms with Gasteiger partial charge >= 0.3 is 6.18 Å². The second-order valence-corrected chi connectivity index (χ2v) is 8.03. The van der Waals surface area contributed by atoms with Crippen molar-refractivity contribution in [3.8, 4) is 5.75 Å². The molecule has 1 unspecified atom stereocenters. The molecule has 1 aromatic rings. The van der Waals surface area contributed by atoms with Gasteiger partial charge in [-0.15, -0.1) is 0 Å². The van der Waals surface area contributed by atoms with Crippen LogP contribution in [0, 0.1) is 11.8 Å². The summed E-state index contributed by atoms with van der Waals surface area (Å²) >= 11 is 5.90. The molecule has 1 aromatic heterocycles. The molecule has 2 N–H and O–H groups in total. The van der Waals surface area contributed by atoms with Crippen LogP contribution in [-0.4, -0.2) is 47.1 Å². The van der Waals surface area contributed by atoms with Crippen LogP contribution in [0.2, 0.25) is 5.02 Å². The van der Waals surface area contributed by atoms with Gasteiger partial charge in [-0.2, -0.15) is 13.2 Å². The molecule has 29 heavy (non-hydrogen) atoms. The molecule has 1 saturated carbocycles. The van der Waals surface area contributed by atoms with Crippen LogP contribution in [-0.2, 0) is 4.79 Å². The standard InChI is InChI=1S/C19H23ClF3N3O3/c20-13-8-15(16(17(24)27)25-9-13)29-10-14-2-1-7-26(14)18(28)11-3-5-12(6-4-11)19(21,22)23/h8-9,11-12,14H,1-7,10H2,(H2,24,27). The van der Waals surface area contributed by atoms with Gasteiger partial charge in [0.2, 0.25) is 5.91 Å². The van der Waals surface area contributed by atoms with Gasteiger partial charge in [0.05, 0.1) is 17.0 Å². The number of ether oxygens (including phenoxy) is 1. The zero-order valence-electron chi connectivity index (χ0n) is 15.8. The number of hydrogen-bond acceptors (Lipinski definition) is 4. The first-order valence-corrected chi connectivity index (χ1v) is 10.00. The van der Waals surface area contributed by atoms with E-state index in [1.54, 1.807) is 4.90 Å². The van der Waals surface area contributed by atoms with Crippen molar-refractivity contribution >= 4 is 23.4 Å². The number of amides is 2. The number of likely N-dealkylation sites (tertiary alicyclic amines) is 1. The minimum atomic E-state index is -4.19. The van der Waals surface area contributed by atoms with Crippen LogP contribution in [0.5, 0.6) is 5.75 Å². The van der Waals surface area contributed by atoms with Crippen molar-refractivity contribution in [1.82, 2.24) is 9.88 Å². The highest BCUT2D eigenvalue weighted by Gasteiger charge is 2.44. The smallest absolute Gasteiger partial charge is 0.391 e. The highest BCUT2D eigenvalue weighted by atomic mass is 35.5. The fraction of sp³-hybridized carbons (Fsp3) is 0.632. The van der Waals surface area contributed by atoms with E-state index >= 15 is 0 Å². The molecule has 160 valence electrons. The molecule has 6 nitrogen and oxygen atoms in total. The van der Waals surface area contributed by atoms with Crippen molar-refractivity contribution in [3.63, 3.8) is 0 Å². The Bertz CT molecular complexity index is 767. The molecular formula is C19H23ClF3N3O3. The van der Waals surface area contributed by atoms with Crippen molar-refractivity contribution in [2.75, 3.05) is 13.2 Å². The van der Waals surface area contributed by atoms with Crippen molar-refractivity contribution in [2.45, 2.75) is 50.7 Å². The van der Waals surface area contributed by atoms with E-state index in [0.717, 1.165) is 6.42 Å². The zero-order chi connectivity index (χ0) is 21.2. The number of alkyl halides is 3. The topological polar surface area (TPSA) is 85.5 Å².